The number of aliphatic hydroxyl groups is 5. The van der Waals surface area contributed by atoms with E-state index in [1.807, 2.05) is 6.08 Å². The van der Waals surface area contributed by atoms with Crippen LogP contribution in [0.5, 0.6) is 0 Å². The fraction of sp³-hybridized carbons (Fsp3) is 0.829. The molecule has 1 aliphatic heterocycles. The van der Waals surface area contributed by atoms with Gasteiger partial charge in [0.25, 0.3) is 0 Å². The van der Waals surface area contributed by atoms with Gasteiger partial charge < -0.3 is 40.3 Å². The maximum atomic E-state index is 13.1. The van der Waals surface area contributed by atoms with Crippen LogP contribution in [0.4, 0.5) is 0 Å². The third-order valence-electron chi connectivity index (χ3n) is 17.2. The van der Waals surface area contributed by atoms with E-state index in [2.05, 4.69) is 79.9 Å². The highest BCUT2D eigenvalue weighted by Gasteiger charge is 2.44. The van der Waals surface area contributed by atoms with Crippen molar-refractivity contribution >= 4 is 5.91 Å². The number of aliphatic hydroxyl groups excluding tert-OH is 5. The molecule has 1 fully saturated rings. The molecule has 1 rings (SSSR count). The average molecular weight is 1190 g/mol. The minimum Gasteiger partial charge on any atom is -0.394 e. The number of carbonyl (C=O) groups excluding carboxylic acids is 1. The van der Waals surface area contributed by atoms with E-state index >= 15 is 0 Å². The number of hydrogen-bond acceptors (Lipinski definition) is 8. The molecule has 6 N–H and O–H groups in total. The molecule has 0 aromatic heterocycles. The Morgan fingerprint density at radius 2 is 0.706 bits per heavy atom. The van der Waals surface area contributed by atoms with Gasteiger partial charge in [-0.1, -0.05) is 331 Å². The molecule has 0 bridgehead atoms. The molecule has 0 aromatic carbocycles. The van der Waals surface area contributed by atoms with E-state index in [-0.39, 0.29) is 12.5 Å². The number of carbonyl (C=O) groups is 1. The monoisotopic (exact) mass is 1190 g/mol. The first-order valence-corrected chi connectivity index (χ1v) is 36.7. The molecule has 85 heavy (non-hydrogen) atoms. The molecule has 0 saturated carbocycles. The van der Waals surface area contributed by atoms with Crippen molar-refractivity contribution in [2.45, 2.75) is 391 Å². The number of rotatable bonds is 64. The van der Waals surface area contributed by atoms with E-state index in [9.17, 15) is 30.3 Å². The molecule has 0 radical (unpaired) electrons. The lowest BCUT2D eigenvalue weighted by Crippen LogP contribution is -2.60. The zero-order valence-corrected chi connectivity index (χ0v) is 55.6. The van der Waals surface area contributed by atoms with Crippen molar-refractivity contribution in [2.24, 2.45) is 0 Å². The highest BCUT2D eigenvalue weighted by molar-refractivity contribution is 5.76. The van der Waals surface area contributed by atoms with E-state index in [4.69, 9.17) is 9.47 Å². The summed E-state index contributed by atoms with van der Waals surface area (Å²) in [6.45, 7) is 3.79. The molecule has 9 nitrogen and oxygen atoms in total. The van der Waals surface area contributed by atoms with Crippen LogP contribution in [-0.4, -0.2) is 87.5 Å². The van der Waals surface area contributed by atoms with E-state index in [0.717, 1.165) is 57.8 Å². The van der Waals surface area contributed by atoms with Gasteiger partial charge in [-0.15, -0.1) is 0 Å². The minimum absolute atomic E-state index is 0.186. The van der Waals surface area contributed by atoms with Crippen molar-refractivity contribution in [1.29, 1.82) is 0 Å². The number of unbranched alkanes of at least 4 members (excludes halogenated alkanes) is 44. The summed E-state index contributed by atoms with van der Waals surface area (Å²) < 4.78 is 11.3. The Hall–Kier alpha value is -2.37. The zero-order valence-electron chi connectivity index (χ0n) is 55.6. The lowest BCUT2D eigenvalue weighted by Gasteiger charge is -2.40. The molecule has 0 spiro atoms. The summed E-state index contributed by atoms with van der Waals surface area (Å²) in [5.74, 6) is -0.186. The maximum Gasteiger partial charge on any atom is 0.220 e. The van der Waals surface area contributed by atoms with E-state index in [1.165, 1.54) is 270 Å². The van der Waals surface area contributed by atoms with E-state index in [0.29, 0.717) is 6.42 Å². The topological polar surface area (TPSA) is 149 Å². The largest absolute Gasteiger partial charge is 0.394 e. The molecule has 9 heteroatoms. The minimum atomic E-state index is -1.58. The van der Waals surface area contributed by atoms with Crippen LogP contribution in [0, 0.1) is 0 Å². The molecule has 7 atom stereocenters. The first-order chi connectivity index (χ1) is 41.8. The summed E-state index contributed by atoms with van der Waals surface area (Å²) in [5, 5.41) is 54.7. The summed E-state index contributed by atoms with van der Waals surface area (Å²) in [7, 11) is 0. The van der Waals surface area contributed by atoms with Gasteiger partial charge in [-0.3, -0.25) is 4.79 Å². The molecule has 1 saturated heterocycles. The van der Waals surface area contributed by atoms with Crippen molar-refractivity contribution in [2.75, 3.05) is 13.2 Å². The molecule has 0 aliphatic carbocycles. The lowest BCUT2D eigenvalue weighted by atomic mass is 9.99. The summed E-state index contributed by atoms with van der Waals surface area (Å²) in [5.41, 5.74) is 0. The van der Waals surface area contributed by atoms with Crippen molar-refractivity contribution in [3.63, 3.8) is 0 Å². The van der Waals surface area contributed by atoms with Crippen molar-refractivity contribution in [1.82, 2.24) is 5.32 Å². The number of nitrogens with one attached hydrogen (secondary N) is 1. The van der Waals surface area contributed by atoms with E-state index < -0.39 is 49.5 Å². The Bertz CT molecular complexity index is 1570. The maximum absolute atomic E-state index is 13.1. The van der Waals surface area contributed by atoms with Gasteiger partial charge in [0.1, 0.15) is 24.4 Å². The SMILES string of the molecule is CCCCCCC/C=C\C/C=C\C/C=C\CCCCCCCCCCCCCCCCCCCCCCCCC(=O)NC(COC1OC(CO)C(O)C(O)C1O)C(O)/C=C/CC/C=C/CC/C=C/CCCCCCCCCCCCCCCCC. The van der Waals surface area contributed by atoms with Gasteiger partial charge >= 0.3 is 0 Å². The Morgan fingerprint density at radius 3 is 1.07 bits per heavy atom. The molecular formula is C76H139NO8. The predicted octanol–water partition coefficient (Wildman–Crippen LogP) is 20.3. The Balaban J connectivity index is 2.11. The molecule has 496 valence electrons. The molecule has 1 aliphatic rings. The summed E-state index contributed by atoms with van der Waals surface area (Å²) in [6, 6.07) is -0.831. The van der Waals surface area contributed by atoms with Crippen LogP contribution in [0.1, 0.15) is 348 Å². The molecule has 0 aromatic rings. The van der Waals surface area contributed by atoms with Crippen molar-refractivity contribution < 1.29 is 39.8 Å². The average Bonchev–Trinajstić information content (AvgIpc) is 3.57. The molecule has 7 unspecified atom stereocenters. The fourth-order valence-corrected chi connectivity index (χ4v) is 11.5. The van der Waals surface area contributed by atoms with Gasteiger partial charge in [-0.25, -0.2) is 0 Å². The second kappa shape index (κ2) is 64.6. The van der Waals surface area contributed by atoms with Crippen LogP contribution in [0.2, 0.25) is 0 Å². The Morgan fingerprint density at radius 1 is 0.400 bits per heavy atom. The van der Waals surface area contributed by atoms with Gasteiger partial charge in [0.2, 0.25) is 5.91 Å². The van der Waals surface area contributed by atoms with Crippen molar-refractivity contribution in [3.05, 3.63) is 72.9 Å². The number of allylic oxidation sites excluding steroid dienone is 11. The highest BCUT2D eigenvalue weighted by Crippen LogP contribution is 2.23. The third-order valence-corrected chi connectivity index (χ3v) is 17.2. The number of ether oxygens (including phenoxy) is 2. The van der Waals surface area contributed by atoms with Crippen LogP contribution in [-0.2, 0) is 14.3 Å². The van der Waals surface area contributed by atoms with Crippen LogP contribution in [0.3, 0.4) is 0 Å². The fourth-order valence-electron chi connectivity index (χ4n) is 11.5. The van der Waals surface area contributed by atoms with Crippen LogP contribution in [0.25, 0.3) is 0 Å². The van der Waals surface area contributed by atoms with Gasteiger partial charge in [0.15, 0.2) is 6.29 Å². The van der Waals surface area contributed by atoms with Crippen molar-refractivity contribution in [3.8, 4) is 0 Å². The first kappa shape index (κ1) is 80.6. The standard InChI is InChI=1S/C76H139NO8/c1-3-5-7-9-11-13-15-17-19-21-23-25-27-29-30-31-32-33-34-35-36-37-38-39-40-42-44-46-48-50-52-54-56-58-60-62-64-66-72(80)77-69(68-84-76-75(83)74(82)73(81)71(67-78)85-76)70(79)65-63-61-59-57-55-53-51-49-47-45-43-41-28-26-24-22-20-18-16-14-12-10-8-6-4-2/h15,17,21,23,27,29,47,49,55,57,63,65,69-71,73-76,78-79,81-83H,3-14,16,18-20,22,24-26,28,30-46,48,50-54,56,58-62,64,66-68H2,1-2H3,(H,77,80)/b17-15-,23-21-,29-27-,49-47+,57-55+,65-63+. The van der Waals surface area contributed by atoms with Crippen LogP contribution >= 0.6 is 0 Å². The van der Waals surface area contributed by atoms with Gasteiger partial charge in [-0.2, -0.15) is 0 Å². The van der Waals surface area contributed by atoms with Gasteiger partial charge in [0.05, 0.1) is 25.4 Å². The second-order valence-corrected chi connectivity index (χ2v) is 25.4. The highest BCUT2D eigenvalue weighted by atomic mass is 16.7. The second-order valence-electron chi connectivity index (χ2n) is 25.4. The van der Waals surface area contributed by atoms with Gasteiger partial charge in [-0.05, 0) is 83.5 Å². The summed E-state index contributed by atoms with van der Waals surface area (Å²) in [6.07, 6.45) is 84.5. The number of amides is 1. The van der Waals surface area contributed by atoms with E-state index in [1.54, 1.807) is 6.08 Å². The number of hydrogen-bond donors (Lipinski definition) is 6. The smallest absolute Gasteiger partial charge is 0.220 e. The molecular weight excluding hydrogens is 1050 g/mol. The molecule has 1 amide bonds. The van der Waals surface area contributed by atoms with Gasteiger partial charge in [0, 0.05) is 6.42 Å². The quantitative estimate of drug-likeness (QED) is 0.0261. The molecule has 1 heterocycles. The Kier molecular flexibility index (Phi) is 61.3. The zero-order chi connectivity index (χ0) is 61.4. The first-order valence-electron chi connectivity index (χ1n) is 36.7. The summed E-state index contributed by atoms with van der Waals surface area (Å²) in [4.78, 5) is 13.1. The Labute approximate surface area is 525 Å². The van der Waals surface area contributed by atoms with Crippen LogP contribution < -0.4 is 5.32 Å². The lowest BCUT2D eigenvalue weighted by molar-refractivity contribution is -0.302. The van der Waals surface area contributed by atoms with Crippen LogP contribution in [0.15, 0.2) is 72.9 Å². The third kappa shape index (κ3) is 53.2. The normalized spacial score (nSPS) is 18.5. The predicted molar refractivity (Wildman–Crippen MR) is 364 cm³/mol. The summed E-state index contributed by atoms with van der Waals surface area (Å²) >= 11 is 0.